The van der Waals surface area contributed by atoms with Crippen LogP contribution >= 0.6 is 0 Å². The molecule has 53 atom stereocenters. The maximum Gasteiger partial charge on any atom is 0.187 e. The molecule has 11 rings (SSSR count). The fourth-order valence-electron chi connectivity index (χ4n) is 16.5. The Morgan fingerprint density at radius 3 is 0.725 bits per heavy atom. The molecule has 9 heterocycles. The molecule has 2 aliphatic carbocycles. The molecular weight excluding hydrogens is 1640 g/mol. The van der Waals surface area contributed by atoms with E-state index in [-0.39, 0.29) is 11.1 Å². The van der Waals surface area contributed by atoms with Crippen molar-refractivity contribution in [3.63, 3.8) is 0 Å². The molecule has 52 heteroatoms. The minimum absolute atomic E-state index is 0.194. The molecular formula is C68H114N2O50. The van der Waals surface area contributed by atoms with Crippen molar-refractivity contribution in [3.8, 4) is 0 Å². The number of aliphatic hydroxyl groups is 33. The topological polar surface area (TPSA) is 849 Å². The number of aliphatic hydroxyl groups excluding tert-OH is 33. The lowest BCUT2D eigenvalue weighted by Gasteiger charge is -2.50. The van der Waals surface area contributed by atoms with E-state index in [4.69, 9.17) is 80.5 Å². The third kappa shape index (κ3) is 19.9. The molecule has 696 valence electrons. The first kappa shape index (κ1) is 98.0. The van der Waals surface area contributed by atoms with Gasteiger partial charge in [-0.25, -0.2) is 0 Å². The summed E-state index contributed by atoms with van der Waals surface area (Å²) < 4.78 is 96.4. The lowest BCUT2D eigenvalue weighted by atomic mass is 9.86. The third-order valence-corrected chi connectivity index (χ3v) is 23.5. The Labute approximate surface area is 679 Å². The third-order valence-electron chi connectivity index (χ3n) is 23.5. The normalized spacial score (nSPS) is 53.1. The molecule has 0 amide bonds. The van der Waals surface area contributed by atoms with Crippen molar-refractivity contribution in [1.82, 2.24) is 10.6 Å². The van der Waals surface area contributed by atoms with E-state index in [0.717, 1.165) is 12.2 Å². The molecule has 52 nitrogen and oxygen atoms in total. The van der Waals surface area contributed by atoms with Gasteiger partial charge in [-0.3, -0.25) is 0 Å². The van der Waals surface area contributed by atoms with E-state index >= 15 is 0 Å². The summed E-state index contributed by atoms with van der Waals surface area (Å²) in [6.07, 6.45) is -91.2. The predicted octanol–water partition coefficient (Wildman–Crippen LogP) is -22.6. The van der Waals surface area contributed by atoms with Crippen LogP contribution in [0.4, 0.5) is 0 Å². The molecule has 0 aromatic carbocycles. The molecule has 35 N–H and O–H groups in total. The van der Waals surface area contributed by atoms with Crippen LogP contribution in [0.5, 0.6) is 0 Å². The van der Waals surface area contributed by atoms with Crippen LogP contribution in [0.15, 0.2) is 23.3 Å². The highest BCUT2D eigenvalue weighted by atomic mass is 16.8. The molecule has 11 aliphatic rings. The maximum absolute atomic E-state index is 11.6. The SMILES string of the molecule is C[C@H]1O[C@H](O[C@H]2[C@H](O)[C@@H](O)[C@@H](O[C@H]3[C@H](O)[C@@H](O)[C@@H](O[C@H]4[C@H](O)[C@@H](O)[C@@H](O[C@H]5[C@H](O)[C@@H](O)C(O)O[C@@H]5CO)O[C@@H]4CO)O[C@@H]3CO)O[C@@H]2CO)[C@H](O)[C@@H](O)[C@@H]1N[C@H]1C=C(CO)[C@@H](O[C@H]2O[C@H](CO)[C@@H](O[C@H]3O[C@H](C)[C@@H](N[C@H]4C=C(CO)[C@@H](O[C@H]5O[C@H](CO)[C@@H](O[C@H]6O[C@H](CO)[C@@H](O)[C@H](O)[C@H]6O)[C@H](O)[C@H]5O)[C@H](O)[C@H]4O)[C@H](O)[C@H]3O)[C@H](O)[C@H]2O)[C@H](O)[C@H]1O. The van der Waals surface area contributed by atoms with Crippen LogP contribution < -0.4 is 10.6 Å². The lowest BCUT2D eigenvalue weighted by molar-refractivity contribution is -0.391. The van der Waals surface area contributed by atoms with Crippen molar-refractivity contribution in [3.05, 3.63) is 23.3 Å². The summed E-state index contributed by atoms with van der Waals surface area (Å²) in [5, 5.41) is 365. The molecule has 9 fully saturated rings. The minimum atomic E-state index is -2.23. The van der Waals surface area contributed by atoms with E-state index < -0.39 is 384 Å². The first-order valence-corrected chi connectivity index (χ1v) is 38.8. The molecule has 0 bridgehead atoms. The van der Waals surface area contributed by atoms with Gasteiger partial charge < -0.3 is 260 Å². The van der Waals surface area contributed by atoms with Gasteiger partial charge in [0.1, 0.15) is 232 Å². The highest BCUT2D eigenvalue weighted by molar-refractivity contribution is 5.25. The van der Waals surface area contributed by atoms with E-state index in [0.29, 0.717) is 0 Å². The van der Waals surface area contributed by atoms with Crippen LogP contribution in [0.3, 0.4) is 0 Å². The van der Waals surface area contributed by atoms with Gasteiger partial charge in [0.2, 0.25) is 0 Å². The van der Waals surface area contributed by atoms with Crippen LogP contribution in [0.1, 0.15) is 13.8 Å². The smallest absolute Gasteiger partial charge is 0.187 e. The molecule has 0 aromatic rings. The van der Waals surface area contributed by atoms with E-state index in [1.54, 1.807) is 0 Å². The summed E-state index contributed by atoms with van der Waals surface area (Å²) in [6, 6.07) is -5.71. The molecule has 0 radical (unpaired) electrons. The average molecular weight is 1760 g/mol. The molecule has 9 aliphatic heterocycles. The van der Waals surface area contributed by atoms with Crippen LogP contribution in [0.2, 0.25) is 0 Å². The Bertz CT molecular complexity index is 3220. The van der Waals surface area contributed by atoms with E-state index in [9.17, 15) is 169 Å². The zero-order chi connectivity index (χ0) is 88.0. The second-order valence-corrected chi connectivity index (χ2v) is 31.3. The van der Waals surface area contributed by atoms with Crippen molar-refractivity contribution in [2.45, 2.75) is 339 Å². The van der Waals surface area contributed by atoms with Gasteiger partial charge in [-0.1, -0.05) is 12.2 Å². The van der Waals surface area contributed by atoms with Crippen molar-refractivity contribution < 1.29 is 249 Å². The highest BCUT2D eigenvalue weighted by Crippen LogP contribution is 2.41. The monoisotopic (exact) mass is 1760 g/mol. The van der Waals surface area contributed by atoms with Crippen molar-refractivity contribution in [2.24, 2.45) is 0 Å². The van der Waals surface area contributed by atoms with Gasteiger partial charge in [-0.15, -0.1) is 0 Å². The molecule has 120 heavy (non-hydrogen) atoms. The van der Waals surface area contributed by atoms with Gasteiger partial charge in [0.15, 0.2) is 56.6 Å². The highest BCUT2D eigenvalue weighted by Gasteiger charge is 2.61. The first-order chi connectivity index (χ1) is 56.9. The molecule has 0 saturated carbocycles. The van der Waals surface area contributed by atoms with E-state index in [1.165, 1.54) is 13.8 Å². The largest absolute Gasteiger partial charge is 0.394 e. The Balaban J connectivity index is 0.652. The Morgan fingerprint density at radius 1 is 0.233 bits per heavy atom. The van der Waals surface area contributed by atoms with E-state index in [2.05, 4.69) is 10.6 Å². The summed E-state index contributed by atoms with van der Waals surface area (Å²) in [5.74, 6) is 0. The van der Waals surface area contributed by atoms with Crippen LogP contribution in [-0.4, -0.2) is 553 Å². The van der Waals surface area contributed by atoms with Gasteiger partial charge in [0.25, 0.3) is 0 Å². The summed E-state index contributed by atoms with van der Waals surface area (Å²) in [6.45, 7) is -6.08. The Hall–Kier alpha value is -2.60. The summed E-state index contributed by atoms with van der Waals surface area (Å²) in [7, 11) is 0. The molecule has 0 spiro atoms. The number of hydrogen-bond acceptors (Lipinski definition) is 52. The number of ether oxygens (including phenoxy) is 17. The zero-order valence-corrected chi connectivity index (χ0v) is 63.8. The quantitative estimate of drug-likeness (QED) is 0.0309. The first-order valence-electron chi connectivity index (χ1n) is 38.8. The average Bonchev–Trinajstić information content (AvgIpc) is 0.775. The Morgan fingerprint density at radius 2 is 0.458 bits per heavy atom. The lowest BCUT2D eigenvalue weighted by Crippen LogP contribution is -2.69. The number of hydrogen-bond donors (Lipinski definition) is 35. The second kappa shape index (κ2) is 41.9. The zero-order valence-electron chi connectivity index (χ0n) is 63.8. The minimum Gasteiger partial charge on any atom is -0.394 e. The van der Waals surface area contributed by atoms with Crippen molar-refractivity contribution in [2.75, 3.05) is 59.5 Å². The maximum atomic E-state index is 11.6. The standard InChI is InChI=1S/C68H114N2O50/c1-14-27(69-19-4-17(6-72)53(36(87)30(19)81)114-65-48(99)39(90)57(24(11-77)109-65)118-63-46(97)34(85)31(82)20(7-73)107-63)32(83)44(95)61(104-14)115-55-22(9-75)108-64(47(98)38(55)89)113-52-16(5-71)3-18(29(80)35(52)86)70-28-15(2)105-62(45(96)33(28)84)116-56-23(10-76)110-67(49(100)40(56)91)119-59-26(13-79)112-68(51(102)42(59)93)120-58-25(12-78)111-66(50(101)41(58)92)117-54-21(8-74)106-60(103)43(94)37(54)88/h3-4,14-15,18-103H,5-13H2,1-2H3/t14-,15-,18+,19+,20-,21-,22-,23-,24-,25-,26-,27-,28-,29+,30+,31-,32+,33+,34+,35-,36-,37-,38-,39-,40-,41-,42-,43-,44-,45-,46-,47-,48-,49-,50-,51-,52-,53-,54-,55-,56-,57-,58-,59-,60?,61-,62-,63-,64-,65-,66-,67-,68-/m1/s1. The van der Waals surface area contributed by atoms with Gasteiger partial charge in [-0.2, -0.15) is 0 Å². The number of rotatable bonds is 29. The van der Waals surface area contributed by atoms with Gasteiger partial charge in [0.05, 0.1) is 95.8 Å². The van der Waals surface area contributed by atoms with Crippen molar-refractivity contribution >= 4 is 0 Å². The second-order valence-electron chi connectivity index (χ2n) is 31.3. The Kier molecular flexibility index (Phi) is 34.2. The van der Waals surface area contributed by atoms with Crippen molar-refractivity contribution in [1.29, 1.82) is 0 Å². The summed E-state index contributed by atoms with van der Waals surface area (Å²) in [4.78, 5) is 0. The van der Waals surface area contributed by atoms with Crippen LogP contribution in [-0.2, 0) is 80.5 Å². The van der Waals surface area contributed by atoms with Gasteiger partial charge in [-0.05, 0) is 25.0 Å². The predicted molar refractivity (Wildman–Crippen MR) is 370 cm³/mol. The molecule has 0 aromatic heterocycles. The fourth-order valence-corrected chi connectivity index (χ4v) is 16.5. The molecule has 9 saturated heterocycles. The fraction of sp³-hybridized carbons (Fsp3) is 0.941. The van der Waals surface area contributed by atoms with E-state index in [1.807, 2.05) is 0 Å². The summed E-state index contributed by atoms with van der Waals surface area (Å²) >= 11 is 0. The van der Waals surface area contributed by atoms with Gasteiger partial charge in [0, 0.05) is 0 Å². The summed E-state index contributed by atoms with van der Waals surface area (Å²) in [5.41, 5.74) is -0.430. The van der Waals surface area contributed by atoms with Crippen LogP contribution in [0, 0.1) is 0 Å². The molecule has 1 unspecified atom stereocenters. The number of nitrogens with one attached hydrogen (secondary N) is 2. The van der Waals surface area contributed by atoms with Gasteiger partial charge >= 0.3 is 0 Å². The van der Waals surface area contributed by atoms with Crippen LogP contribution in [0.25, 0.3) is 0 Å².